The van der Waals surface area contributed by atoms with Gasteiger partial charge in [0.25, 0.3) is 0 Å². The van der Waals surface area contributed by atoms with Crippen molar-refractivity contribution in [3.63, 3.8) is 0 Å². The number of carbonyl (C=O) groups is 2. The van der Waals surface area contributed by atoms with Gasteiger partial charge < -0.3 is 9.15 Å². The molecule has 0 aliphatic carbocycles. The van der Waals surface area contributed by atoms with Crippen LogP contribution < -0.4 is 0 Å². The van der Waals surface area contributed by atoms with E-state index in [1.54, 1.807) is 37.3 Å². The Morgan fingerprint density at radius 1 is 1.16 bits per heavy atom. The SMILES string of the molecule is CCOC(=O)c1ccoc1-c1ccc(C(C)=O)cc1. The lowest BCUT2D eigenvalue weighted by Gasteiger charge is -2.03. The fourth-order valence-electron chi connectivity index (χ4n) is 1.76. The second kappa shape index (κ2) is 5.52. The standard InChI is InChI=1S/C15H14O4/c1-3-18-15(17)13-8-9-19-14(13)12-6-4-11(5-7-12)10(2)16/h4-9H,3H2,1-2H3. The largest absolute Gasteiger partial charge is 0.463 e. The van der Waals surface area contributed by atoms with Gasteiger partial charge in [0.05, 0.1) is 12.9 Å². The van der Waals surface area contributed by atoms with E-state index in [1.807, 2.05) is 0 Å². The van der Waals surface area contributed by atoms with Crippen LogP contribution in [0.15, 0.2) is 41.0 Å². The van der Waals surface area contributed by atoms with Gasteiger partial charge in [0.2, 0.25) is 0 Å². The van der Waals surface area contributed by atoms with Crippen LogP contribution >= 0.6 is 0 Å². The Hall–Kier alpha value is -2.36. The molecule has 0 spiro atoms. The fraction of sp³-hybridized carbons (Fsp3) is 0.200. The van der Waals surface area contributed by atoms with Crippen molar-refractivity contribution < 1.29 is 18.7 Å². The van der Waals surface area contributed by atoms with Crippen molar-refractivity contribution in [2.75, 3.05) is 6.61 Å². The van der Waals surface area contributed by atoms with Gasteiger partial charge in [0.1, 0.15) is 11.3 Å². The van der Waals surface area contributed by atoms with Gasteiger partial charge in [-0.3, -0.25) is 4.79 Å². The summed E-state index contributed by atoms with van der Waals surface area (Å²) in [5, 5.41) is 0. The molecular formula is C15H14O4. The maximum Gasteiger partial charge on any atom is 0.342 e. The second-order valence-corrected chi connectivity index (χ2v) is 4.02. The molecule has 19 heavy (non-hydrogen) atoms. The number of ketones is 1. The highest BCUT2D eigenvalue weighted by Gasteiger charge is 2.17. The number of ether oxygens (including phenoxy) is 1. The molecule has 1 aromatic heterocycles. The van der Waals surface area contributed by atoms with Crippen molar-refractivity contribution in [3.8, 4) is 11.3 Å². The molecule has 4 heteroatoms. The highest BCUT2D eigenvalue weighted by molar-refractivity contribution is 5.97. The predicted molar refractivity (Wildman–Crippen MR) is 70.1 cm³/mol. The van der Waals surface area contributed by atoms with E-state index in [4.69, 9.17) is 9.15 Å². The number of hydrogen-bond donors (Lipinski definition) is 0. The average molecular weight is 258 g/mol. The maximum absolute atomic E-state index is 11.7. The van der Waals surface area contributed by atoms with Gasteiger partial charge in [0, 0.05) is 11.1 Å². The zero-order valence-corrected chi connectivity index (χ0v) is 10.8. The zero-order chi connectivity index (χ0) is 13.8. The van der Waals surface area contributed by atoms with Crippen LogP contribution in [-0.4, -0.2) is 18.4 Å². The molecule has 0 N–H and O–H groups in total. The monoisotopic (exact) mass is 258 g/mol. The van der Waals surface area contributed by atoms with E-state index in [0.29, 0.717) is 23.5 Å². The number of carbonyl (C=O) groups excluding carboxylic acids is 2. The lowest BCUT2D eigenvalue weighted by molar-refractivity contribution is 0.0526. The molecule has 0 unspecified atom stereocenters. The van der Waals surface area contributed by atoms with E-state index < -0.39 is 5.97 Å². The molecule has 98 valence electrons. The summed E-state index contributed by atoms with van der Waals surface area (Å²) in [6.45, 7) is 3.57. The predicted octanol–water partition coefficient (Wildman–Crippen LogP) is 3.33. The summed E-state index contributed by atoms with van der Waals surface area (Å²) in [6, 6.07) is 8.48. The summed E-state index contributed by atoms with van der Waals surface area (Å²) in [5.74, 6) is 0.0343. The van der Waals surface area contributed by atoms with Gasteiger partial charge in [-0.05, 0) is 19.9 Å². The first kappa shape index (κ1) is 13.1. The first-order chi connectivity index (χ1) is 9.13. The molecule has 0 aliphatic heterocycles. The summed E-state index contributed by atoms with van der Waals surface area (Å²) < 4.78 is 10.3. The number of benzene rings is 1. The van der Waals surface area contributed by atoms with Gasteiger partial charge >= 0.3 is 5.97 Å². The smallest absolute Gasteiger partial charge is 0.342 e. The van der Waals surface area contributed by atoms with Gasteiger partial charge in [-0.2, -0.15) is 0 Å². The van der Waals surface area contributed by atoms with Gasteiger partial charge in [-0.1, -0.05) is 24.3 Å². The molecule has 4 nitrogen and oxygen atoms in total. The van der Waals surface area contributed by atoms with Gasteiger partial charge in [-0.15, -0.1) is 0 Å². The van der Waals surface area contributed by atoms with Crippen molar-refractivity contribution >= 4 is 11.8 Å². The fourth-order valence-corrected chi connectivity index (χ4v) is 1.76. The number of furan rings is 1. The lowest BCUT2D eigenvalue weighted by atomic mass is 10.1. The Bertz CT molecular complexity index is 593. The van der Waals surface area contributed by atoms with E-state index in [9.17, 15) is 9.59 Å². The molecule has 1 heterocycles. The Morgan fingerprint density at radius 3 is 2.42 bits per heavy atom. The molecule has 1 aromatic carbocycles. The number of rotatable bonds is 4. The van der Waals surface area contributed by atoms with Crippen LogP contribution in [0.3, 0.4) is 0 Å². The Balaban J connectivity index is 2.34. The van der Waals surface area contributed by atoms with Crippen molar-refractivity contribution in [1.82, 2.24) is 0 Å². The Kier molecular flexibility index (Phi) is 3.80. The molecule has 0 saturated heterocycles. The van der Waals surface area contributed by atoms with Crippen molar-refractivity contribution in [1.29, 1.82) is 0 Å². The van der Waals surface area contributed by atoms with Gasteiger partial charge in [0.15, 0.2) is 5.78 Å². The van der Waals surface area contributed by atoms with Crippen LogP contribution in [0.5, 0.6) is 0 Å². The highest BCUT2D eigenvalue weighted by atomic mass is 16.5. The summed E-state index contributed by atoms with van der Waals surface area (Å²) >= 11 is 0. The molecule has 2 rings (SSSR count). The number of esters is 1. The second-order valence-electron chi connectivity index (χ2n) is 4.02. The van der Waals surface area contributed by atoms with E-state index >= 15 is 0 Å². The molecule has 0 bridgehead atoms. The molecule has 0 atom stereocenters. The molecule has 2 aromatic rings. The quantitative estimate of drug-likeness (QED) is 0.623. The molecule has 0 aliphatic rings. The minimum atomic E-state index is -0.415. The Morgan fingerprint density at radius 2 is 1.84 bits per heavy atom. The van der Waals surface area contributed by atoms with Crippen LogP contribution in [0.4, 0.5) is 0 Å². The van der Waals surface area contributed by atoms with Crippen molar-refractivity contribution in [2.45, 2.75) is 13.8 Å². The van der Waals surface area contributed by atoms with Crippen molar-refractivity contribution in [3.05, 3.63) is 47.7 Å². The van der Waals surface area contributed by atoms with E-state index in [0.717, 1.165) is 5.56 Å². The van der Waals surface area contributed by atoms with E-state index in [-0.39, 0.29) is 5.78 Å². The molecule has 0 fully saturated rings. The van der Waals surface area contributed by atoms with Crippen LogP contribution in [0.1, 0.15) is 34.6 Å². The number of hydrogen-bond acceptors (Lipinski definition) is 4. The first-order valence-corrected chi connectivity index (χ1v) is 5.99. The third-order valence-corrected chi connectivity index (χ3v) is 2.71. The third kappa shape index (κ3) is 2.73. The van der Waals surface area contributed by atoms with Crippen LogP contribution in [0.25, 0.3) is 11.3 Å². The summed E-state index contributed by atoms with van der Waals surface area (Å²) in [7, 11) is 0. The minimum Gasteiger partial charge on any atom is -0.463 e. The topological polar surface area (TPSA) is 56.5 Å². The normalized spacial score (nSPS) is 10.2. The minimum absolute atomic E-state index is 0.00314. The maximum atomic E-state index is 11.7. The van der Waals surface area contributed by atoms with Crippen LogP contribution in [0.2, 0.25) is 0 Å². The average Bonchev–Trinajstić information content (AvgIpc) is 2.88. The van der Waals surface area contributed by atoms with E-state index in [2.05, 4.69) is 0 Å². The van der Waals surface area contributed by atoms with Crippen LogP contribution in [-0.2, 0) is 4.74 Å². The lowest BCUT2D eigenvalue weighted by Crippen LogP contribution is -2.04. The molecule has 0 saturated carbocycles. The van der Waals surface area contributed by atoms with E-state index in [1.165, 1.54) is 13.2 Å². The zero-order valence-electron chi connectivity index (χ0n) is 10.8. The number of Topliss-reactive ketones (excluding diaryl/α,β-unsaturated/α-hetero) is 1. The Labute approximate surface area is 111 Å². The summed E-state index contributed by atoms with van der Waals surface area (Å²) in [6.07, 6.45) is 1.44. The summed E-state index contributed by atoms with van der Waals surface area (Å²) in [5.41, 5.74) is 1.74. The molecular weight excluding hydrogens is 244 g/mol. The summed E-state index contributed by atoms with van der Waals surface area (Å²) in [4.78, 5) is 22.9. The third-order valence-electron chi connectivity index (χ3n) is 2.71. The van der Waals surface area contributed by atoms with Gasteiger partial charge in [-0.25, -0.2) is 4.79 Å². The molecule has 0 amide bonds. The first-order valence-electron chi connectivity index (χ1n) is 5.99. The van der Waals surface area contributed by atoms with Crippen LogP contribution in [0, 0.1) is 0 Å². The highest BCUT2D eigenvalue weighted by Crippen LogP contribution is 2.26. The van der Waals surface area contributed by atoms with Crippen molar-refractivity contribution in [2.24, 2.45) is 0 Å². The molecule has 0 radical (unpaired) electrons.